The average Bonchev–Trinajstić information content (AvgIpc) is 3.14. The van der Waals surface area contributed by atoms with Crippen LogP contribution in [0.4, 0.5) is 18.9 Å². The third-order valence-corrected chi connectivity index (χ3v) is 5.07. The first-order valence-corrected chi connectivity index (χ1v) is 9.45. The van der Waals surface area contributed by atoms with Crippen LogP contribution in [0.5, 0.6) is 5.75 Å². The van der Waals surface area contributed by atoms with Crippen molar-refractivity contribution in [2.45, 2.75) is 38.5 Å². The van der Waals surface area contributed by atoms with Crippen molar-refractivity contribution >= 4 is 22.6 Å². The Hall–Kier alpha value is -3.29. The van der Waals surface area contributed by atoms with Gasteiger partial charge in [0.15, 0.2) is 6.10 Å². The van der Waals surface area contributed by atoms with Gasteiger partial charge in [0.2, 0.25) is 0 Å². The zero-order valence-corrected chi connectivity index (χ0v) is 16.0. The van der Waals surface area contributed by atoms with Crippen LogP contribution in [0, 0.1) is 0 Å². The Balaban J connectivity index is 1.52. The van der Waals surface area contributed by atoms with E-state index in [1.807, 2.05) is 18.2 Å². The lowest BCUT2D eigenvalue weighted by Gasteiger charge is -2.16. The molecule has 5 nitrogen and oxygen atoms in total. The highest BCUT2D eigenvalue weighted by molar-refractivity contribution is 5.94. The first-order valence-electron chi connectivity index (χ1n) is 9.45. The van der Waals surface area contributed by atoms with Crippen LogP contribution in [-0.2, 0) is 23.8 Å². The largest absolute Gasteiger partial charge is 0.481 e. The number of hydrogen-bond donors (Lipinski definition) is 1. The summed E-state index contributed by atoms with van der Waals surface area (Å²) < 4.78 is 49.9. The maximum absolute atomic E-state index is 13.1. The van der Waals surface area contributed by atoms with Crippen LogP contribution in [0.2, 0.25) is 0 Å². The molecule has 0 fully saturated rings. The van der Waals surface area contributed by atoms with E-state index >= 15 is 0 Å². The van der Waals surface area contributed by atoms with Crippen LogP contribution < -0.4 is 15.7 Å². The quantitative estimate of drug-likeness (QED) is 0.625. The van der Waals surface area contributed by atoms with Gasteiger partial charge < -0.3 is 14.5 Å². The second-order valence-electron chi connectivity index (χ2n) is 7.22. The fourth-order valence-corrected chi connectivity index (χ4v) is 3.60. The van der Waals surface area contributed by atoms with Crippen LogP contribution in [-0.4, -0.2) is 12.0 Å². The Kier molecular flexibility index (Phi) is 5.01. The summed E-state index contributed by atoms with van der Waals surface area (Å²) in [5, 5.41) is 2.52. The van der Waals surface area contributed by atoms with E-state index in [0.717, 1.165) is 25.3 Å². The molecule has 1 atom stereocenters. The molecule has 1 heterocycles. The lowest BCUT2D eigenvalue weighted by atomic mass is 10.1. The molecule has 8 heteroatoms. The van der Waals surface area contributed by atoms with E-state index in [1.165, 1.54) is 30.2 Å². The topological polar surface area (TPSA) is 68.5 Å². The molecule has 0 saturated heterocycles. The van der Waals surface area contributed by atoms with Crippen molar-refractivity contribution in [2.75, 3.05) is 5.32 Å². The third-order valence-electron chi connectivity index (χ3n) is 5.07. The molecule has 30 heavy (non-hydrogen) atoms. The highest BCUT2D eigenvalue weighted by Gasteiger charge is 2.34. The van der Waals surface area contributed by atoms with Crippen LogP contribution in [0.3, 0.4) is 0 Å². The molecule has 2 aromatic carbocycles. The highest BCUT2D eigenvalue weighted by atomic mass is 19.4. The SMILES string of the molecule is CC(Oc1ccc2c(C(F)(F)F)cc(=O)oc2c1)C(=O)Nc1ccc2c(c1)CCC2. The molecule has 1 aliphatic rings. The van der Waals surface area contributed by atoms with Gasteiger partial charge in [0.1, 0.15) is 11.3 Å². The van der Waals surface area contributed by atoms with Crippen molar-refractivity contribution in [1.82, 2.24) is 0 Å². The molecule has 3 aromatic rings. The van der Waals surface area contributed by atoms with E-state index in [0.29, 0.717) is 11.8 Å². The number of halogens is 3. The molecule has 1 aliphatic carbocycles. The average molecular weight is 417 g/mol. The van der Waals surface area contributed by atoms with Gasteiger partial charge in [-0.15, -0.1) is 0 Å². The molecule has 4 rings (SSSR count). The number of benzene rings is 2. The van der Waals surface area contributed by atoms with E-state index < -0.39 is 29.4 Å². The molecule has 0 bridgehead atoms. The summed E-state index contributed by atoms with van der Waals surface area (Å²) in [4.78, 5) is 24.0. The van der Waals surface area contributed by atoms with Gasteiger partial charge in [0.05, 0.1) is 5.56 Å². The zero-order chi connectivity index (χ0) is 21.5. The molecule has 0 saturated carbocycles. The lowest BCUT2D eigenvalue weighted by Crippen LogP contribution is -2.30. The van der Waals surface area contributed by atoms with Crippen LogP contribution >= 0.6 is 0 Å². The maximum Gasteiger partial charge on any atom is 0.417 e. The minimum atomic E-state index is -4.69. The van der Waals surface area contributed by atoms with Gasteiger partial charge in [-0.05, 0) is 61.6 Å². The molecule has 0 aliphatic heterocycles. The molecule has 1 unspecified atom stereocenters. The number of carbonyl (C=O) groups is 1. The number of nitrogens with one attached hydrogen (secondary N) is 1. The van der Waals surface area contributed by atoms with Gasteiger partial charge >= 0.3 is 11.8 Å². The first kappa shape index (κ1) is 20.0. The lowest BCUT2D eigenvalue weighted by molar-refractivity contribution is -0.136. The predicted molar refractivity (Wildman–Crippen MR) is 105 cm³/mol. The molecule has 1 amide bonds. The molecular formula is C22H18F3NO4. The van der Waals surface area contributed by atoms with E-state index in [4.69, 9.17) is 9.15 Å². The summed E-state index contributed by atoms with van der Waals surface area (Å²) in [6, 6.07) is 9.81. The number of hydrogen-bond acceptors (Lipinski definition) is 4. The van der Waals surface area contributed by atoms with Crippen molar-refractivity contribution in [2.24, 2.45) is 0 Å². The van der Waals surface area contributed by atoms with Crippen LogP contribution in [0.25, 0.3) is 11.0 Å². The van der Waals surface area contributed by atoms with Crippen molar-refractivity contribution in [3.05, 3.63) is 69.6 Å². The fraction of sp³-hybridized carbons (Fsp3) is 0.273. The molecule has 0 radical (unpaired) electrons. The summed E-state index contributed by atoms with van der Waals surface area (Å²) in [5.74, 6) is -0.292. The number of rotatable bonds is 4. The minimum Gasteiger partial charge on any atom is -0.481 e. The molecular weight excluding hydrogens is 399 g/mol. The minimum absolute atomic E-state index is 0.113. The van der Waals surface area contributed by atoms with Gasteiger partial charge in [-0.3, -0.25) is 4.79 Å². The number of amides is 1. The van der Waals surface area contributed by atoms with Gasteiger partial charge in [-0.2, -0.15) is 13.2 Å². The Morgan fingerprint density at radius 3 is 2.63 bits per heavy atom. The number of alkyl halides is 3. The number of fused-ring (bicyclic) bond motifs is 2. The second-order valence-corrected chi connectivity index (χ2v) is 7.22. The predicted octanol–water partition coefficient (Wildman–Crippen LogP) is 4.71. The number of carbonyl (C=O) groups excluding carboxylic acids is 1. The molecule has 156 valence electrons. The van der Waals surface area contributed by atoms with Gasteiger partial charge in [0.25, 0.3) is 5.91 Å². The van der Waals surface area contributed by atoms with Crippen molar-refractivity contribution < 1.29 is 27.1 Å². The van der Waals surface area contributed by atoms with Gasteiger partial charge in [-0.1, -0.05) is 6.07 Å². The van der Waals surface area contributed by atoms with Gasteiger partial charge in [-0.25, -0.2) is 4.79 Å². The summed E-state index contributed by atoms with van der Waals surface area (Å²) in [7, 11) is 0. The van der Waals surface area contributed by atoms with E-state index in [9.17, 15) is 22.8 Å². The monoisotopic (exact) mass is 417 g/mol. The van der Waals surface area contributed by atoms with Gasteiger partial charge in [0, 0.05) is 23.2 Å². The molecule has 1 N–H and O–H groups in total. The highest BCUT2D eigenvalue weighted by Crippen LogP contribution is 2.35. The number of ether oxygens (including phenoxy) is 1. The Labute approximate surface area is 169 Å². The Bertz CT molecular complexity index is 1180. The smallest absolute Gasteiger partial charge is 0.417 e. The fourth-order valence-electron chi connectivity index (χ4n) is 3.60. The normalized spacial score (nSPS) is 14.4. The summed E-state index contributed by atoms with van der Waals surface area (Å²) >= 11 is 0. The summed E-state index contributed by atoms with van der Waals surface area (Å²) in [6.45, 7) is 1.52. The summed E-state index contributed by atoms with van der Waals surface area (Å²) in [5.41, 5.74) is 0.700. The molecule has 0 spiro atoms. The molecule has 1 aromatic heterocycles. The van der Waals surface area contributed by atoms with Crippen LogP contribution in [0.15, 0.2) is 51.7 Å². The summed E-state index contributed by atoms with van der Waals surface area (Å²) in [6.07, 6.45) is -2.50. The van der Waals surface area contributed by atoms with Crippen molar-refractivity contribution in [1.29, 1.82) is 0 Å². The number of aryl methyl sites for hydroxylation is 2. The Morgan fingerprint density at radius 1 is 1.10 bits per heavy atom. The van der Waals surface area contributed by atoms with E-state index in [1.54, 1.807) is 0 Å². The standard InChI is InChI=1S/C22H18F3NO4/c1-12(21(28)26-15-6-5-13-3-2-4-14(13)9-15)29-16-7-8-17-18(22(23,24)25)11-20(27)30-19(17)10-16/h5-12H,2-4H2,1H3,(H,26,28). The third kappa shape index (κ3) is 4.03. The van der Waals surface area contributed by atoms with E-state index in [-0.39, 0.29) is 16.7 Å². The first-order chi connectivity index (χ1) is 14.2. The zero-order valence-electron chi connectivity index (χ0n) is 16.0. The maximum atomic E-state index is 13.1. The van der Waals surface area contributed by atoms with Crippen molar-refractivity contribution in [3.8, 4) is 5.75 Å². The van der Waals surface area contributed by atoms with Crippen molar-refractivity contribution in [3.63, 3.8) is 0 Å². The Morgan fingerprint density at radius 2 is 1.87 bits per heavy atom. The number of anilines is 1. The van der Waals surface area contributed by atoms with Crippen LogP contribution in [0.1, 0.15) is 30.0 Å². The van der Waals surface area contributed by atoms with E-state index in [2.05, 4.69) is 5.32 Å². The second kappa shape index (κ2) is 7.51.